The number of pyridine rings is 3. The van der Waals surface area contributed by atoms with Crippen LogP contribution in [0.4, 0.5) is 5.69 Å². The Morgan fingerprint density at radius 2 is 1.17 bits per heavy atom. The molecule has 0 aliphatic rings. The minimum absolute atomic E-state index is 0.0223. The lowest BCUT2D eigenvalue weighted by Crippen LogP contribution is -1.96. The predicted molar refractivity (Wildman–Crippen MR) is 112 cm³/mol. The molecule has 29 heavy (non-hydrogen) atoms. The summed E-state index contributed by atoms with van der Waals surface area (Å²) in [5.74, 6) is 0. The molecule has 5 rings (SSSR count). The van der Waals surface area contributed by atoms with Gasteiger partial charge in [-0.3, -0.25) is 20.1 Å². The number of hydrogen-bond donors (Lipinski definition) is 0. The zero-order chi connectivity index (χ0) is 19.8. The lowest BCUT2D eigenvalue weighted by Gasteiger charge is -2.09. The summed E-state index contributed by atoms with van der Waals surface area (Å²) in [4.78, 5) is 24.9. The fourth-order valence-electron chi connectivity index (χ4n) is 3.52. The summed E-state index contributed by atoms with van der Waals surface area (Å²) in [5.41, 5.74) is 4.00. The van der Waals surface area contributed by atoms with Crippen molar-refractivity contribution in [2.24, 2.45) is 0 Å². The first kappa shape index (κ1) is 16.9. The lowest BCUT2D eigenvalue weighted by atomic mass is 10.0. The average Bonchev–Trinajstić information content (AvgIpc) is 2.78. The molecule has 0 amide bonds. The highest BCUT2D eigenvalue weighted by atomic mass is 16.6. The van der Waals surface area contributed by atoms with Gasteiger partial charge in [0, 0.05) is 46.4 Å². The molecule has 0 saturated heterocycles. The molecule has 3 aromatic heterocycles. The third kappa shape index (κ3) is 2.96. The summed E-state index contributed by atoms with van der Waals surface area (Å²) >= 11 is 0. The standard InChI is InChI=1S/C23H14N4O2/c28-27(29)17-13-20(18-9-1-5-15-7-3-11-24-22(15)18)26-21(14-17)19-10-2-6-16-8-4-12-25-23(16)19/h1-14H. The number of nitro groups is 1. The third-order valence-electron chi connectivity index (χ3n) is 4.84. The van der Waals surface area contributed by atoms with E-state index in [1.807, 2.05) is 60.7 Å². The summed E-state index contributed by atoms with van der Waals surface area (Å²) in [6.45, 7) is 0. The first-order valence-corrected chi connectivity index (χ1v) is 9.05. The Bertz CT molecular complexity index is 1290. The van der Waals surface area contributed by atoms with Crippen molar-refractivity contribution in [3.05, 3.63) is 95.3 Å². The SMILES string of the molecule is O=[N+]([O-])c1cc(-c2cccc3cccnc23)nc(-c2cccc3cccnc23)c1. The molecule has 138 valence electrons. The van der Waals surface area contributed by atoms with Crippen LogP contribution in [0.25, 0.3) is 44.3 Å². The molecule has 0 aliphatic heterocycles. The van der Waals surface area contributed by atoms with E-state index in [1.165, 1.54) is 12.1 Å². The van der Waals surface area contributed by atoms with E-state index in [1.54, 1.807) is 12.4 Å². The second-order valence-corrected chi connectivity index (χ2v) is 6.61. The summed E-state index contributed by atoms with van der Waals surface area (Å²) in [6.07, 6.45) is 3.41. The van der Waals surface area contributed by atoms with Gasteiger partial charge in [-0.2, -0.15) is 0 Å². The Morgan fingerprint density at radius 3 is 1.66 bits per heavy atom. The highest BCUT2D eigenvalue weighted by molar-refractivity contribution is 5.95. The molecule has 0 unspecified atom stereocenters. The quantitative estimate of drug-likeness (QED) is 0.309. The van der Waals surface area contributed by atoms with E-state index >= 15 is 0 Å². The van der Waals surface area contributed by atoms with Gasteiger partial charge in [-0.15, -0.1) is 0 Å². The molecular formula is C23H14N4O2. The van der Waals surface area contributed by atoms with Gasteiger partial charge in [-0.05, 0) is 12.1 Å². The Morgan fingerprint density at radius 1 is 0.690 bits per heavy atom. The molecule has 0 radical (unpaired) electrons. The van der Waals surface area contributed by atoms with Crippen molar-refractivity contribution < 1.29 is 4.92 Å². The van der Waals surface area contributed by atoms with Crippen molar-refractivity contribution in [2.45, 2.75) is 0 Å². The van der Waals surface area contributed by atoms with Gasteiger partial charge in [0.05, 0.1) is 27.3 Å². The van der Waals surface area contributed by atoms with E-state index in [2.05, 4.69) is 9.97 Å². The van der Waals surface area contributed by atoms with Crippen molar-refractivity contribution in [2.75, 3.05) is 0 Å². The van der Waals surface area contributed by atoms with Crippen molar-refractivity contribution in [3.63, 3.8) is 0 Å². The first-order chi connectivity index (χ1) is 14.2. The molecule has 0 N–H and O–H groups in total. The molecular weight excluding hydrogens is 364 g/mol. The fourth-order valence-corrected chi connectivity index (χ4v) is 3.52. The van der Waals surface area contributed by atoms with Crippen LogP contribution in [0.3, 0.4) is 0 Å². The van der Waals surface area contributed by atoms with Crippen molar-refractivity contribution in [3.8, 4) is 22.5 Å². The number of rotatable bonds is 3. The molecule has 0 spiro atoms. The predicted octanol–water partition coefficient (Wildman–Crippen LogP) is 5.42. The van der Waals surface area contributed by atoms with Gasteiger partial charge in [0.15, 0.2) is 0 Å². The molecule has 0 atom stereocenters. The number of aromatic nitrogens is 3. The Kier molecular flexibility index (Phi) is 3.95. The number of fused-ring (bicyclic) bond motifs is 2. The first-order valence-electron chi connectivity index (χ1n) is 9.05. The van der Waals surface area contributed by atoms with Crippen molar-refractivity contribution >= 4 is 27.5 Å². The van der Waals surface area contributed by atoms with Crippen LogP contribution >= 0.6 is 0 Å². The van der Waals surface area contributed by atoms with Crippen LogP contribution < -0.4 is 0 Å². The normalized spacial score (nSPS) is 11.0. The zero-order valence-corrected chi connectivity index (χ0v) is 15.2. The van der Waals surface area contributed by atoms with Crippen LogP contribution in [0, 0.1) is 10.1 Å². The van der Waals surface area contributed by atoms with E-state index in [9.17, 15) is 10.1 Å². The minimum atomic E-state index is -0.397. The second-order valence-electron chi connectivity index (χ2n) is 6.61. The van der Waals surface area contributed by atoms with Gasteiger partial charge in [0.25, 0.3) is 5.69 Å². The topological polar surface area (TPSA) is 81.8 Å². The van der Waals surface area contributed by atoms with E-state index in [0.717, 1.165) is 32.9 Å². The summed E-state index contributed by atoms with van der Waals surface area (Å²) in [7, 11) is 0. The highest BCUT2D eigenvalue weighted by Gasteiger charge is 2.17. The Balaban J connectivity index is 1.80. The number of benzene rings is 2. The summed E-state index contributed by atoms with van der Waals surface area (Å²) in [6, 6.07) is 22.1. The fraction of sp³-hybridized carbons (Fsp3) is 0. The zero-order valence-electron chi connectivity index (χ0n) is 15.2. The maximum absolute atomic E-state index is 11.6. The van der Waals surface area contributed by atoms with Crippen LogP contribution in [-0.2, 0) is 0 Å². The summed E-state index contributed by atoms with van der Waals surface area (Å²) in [5, 5.41) is 13.5. The largest absolute Gasteiger partial charge is 0.273 e. The van der Waals surface area contributed by atoms with Crippen LogP contribution in [0.15, 0.2) is 85.2 Å². The van der Waals surface area contributed by atoms with E-state index < -0.39 is 4.92 Å². The number of nitrogens with zero attached hydrogens (tertiary/aromatic N) is 4. The van der Waals surface area contributed by atoms with Crippen molar-refractivity contribution in [1.29, 1.82) is 0 Å². The lowest BCUT2D eigenvalue weighted by molar-refractivity contribution is -0.384. The molecule has 6 heteroatoms. The molecule has 3 heterocycles. The maximum Gasteiger partial charge on any atom is 0.273 e. The highest BCUT2D eigenvalue weighted by Crippen LogP contribution is 2.33. The smallest absolute Gasteiger partial charge is 0.258 e. The van der Waals surface area contributed by atoms with Crippen LogP contribution in [-0.4, -0.2) is 19.9 Å². The maximum atomic E-state index is 11.6. The molecule has 0 fully saturated rings. The van der Waals surface area contributed by atoms with Crippen LogP contribution in [0.2, 0.25) is 0 Å². The Hall–Kier alpha value is -4.19. The average molecular weight is 378 g/mol. The Labute approximate surface area is 165 Å². The van der Waals surface area contributed by atoms with Gasteiger partial charge in [0.1, 0.15) is 0 Å². The molecule has 0 aliphatic carbocycles. The van der Waals surface area contributed by atoms with Gasteiger partial charge in [0.2, 0.25) is 0 Å². The minimum Gasteiger partial charge on any atom is -0.258 e. The number of hydrogen-bond acceptors (Lipinski definition) is 5. The number of para-hydroxylation sites is 2. The van der Waals surface area contributed by atoms with E-state index in [0.29, 0.717) is 11.4 Å². The van der Waals surface area contributed by atoms with Crippen LogP contribution in [0.5, 0.6) is 0 Å². The van der Waals surface area contributed by atoms with Gasteiger partial charge < -0.3 is 0 Å². The third-order valence-corrected chi connectivity index (χ3v) is 4.84. The van der Waals surface area contributed by atoms with Crippen LogP contribution in [0.1, 0.15) is 0 Å². The second kappa shape index (κ2) is 6.76. The van der Waals surface area contributed by atoms with Gasteiger partial charge in [-0.25, -0.2) is 4.98 Å². The monoisotopic (exact) mass is 378 g/mol. The summed E-state index contributed by atoms with van der Waals surface area (Å²) < 4.78 is 0. The molecule has 0 saturated carbocycles. The molecule has 2 aromatic carbocycles. The molecule has 6 nitrogen and oxygen atoms in total. The van der Waals surface area contributed by atoms with E-state index in [4.69, 9.17) is 4.98 Å². The molecule has 0 bridgehead atoms. The van der Waals surface area contributed by atoms with E-state index in [-0.39, 0.29) is 5.69 Å². The molecule has 5 aromatic rings. The van der Waals surface area contributed by atoms with Crippen molar-refractivity contribution in [1.82, 2.24) is 15.0 Å². The van der Waals surface area contributed by atoms with Gasteiger partial charge in [-0.1, -0.05) is 48.5 Å². The van der Waals surface area contributed by atoms with Gasteiger partial charge >= 0.3 is 0 Å².